The maximum atomic E-state index is 11.8. The Hall–Kier alpha value is -2.42. The fraction of sp³-hybridized carbons (Fsp3) is 0.300. The summed E-state index contributed by atoms with van der Waals surface area (Å²) in [5.74, 6) is -0.992. The van der Waals surface area contributed by atoms with Crippen LogP contribution >= 0.6 is 0 Å². The van der Waals surface area contributed by atoms with Crippen LogP contribution in [0.3, 0.4) is 0 Å². The Bertz CT molecular complexity index is 732. The largest absolute Gasteiger partial charge is 0.318 e. The quantitative estimate of drug-likeness (QED) is 0.625. The van der Waals surface area contributed by atoms with E-state index in [0.29, 0.717) is 11.3 Å². The minimum atomic E-state index is -0.542. The number of amides is 1. The first-order valence-corrected chi connectivity index (χ1v) is 8.28. The van der Waals surface area contributed by atoms with Crippen LogP contribution in [0.5, 0.6) is 0 Å². The average molecular weight is 307 g/mol. The first kappa shape index (κ1) is 15.5. The smallest absolute Gasteiger partial charge is 0.296 e. The standard InChI is InChI=1S/C20H21NO2/c1-2-3-4-5-6-14-7-9-15(10-8-14)16-11-12-18-17(13-16)19(22)20(23)21-18/h7-13H,2-6H2,1H3,(H,21,22,23). The third kappa shape index (κ3) is 3.34. The van der Waals surface area contributed by atoms with E-state index in [1.165, 1.54) is 31.2 Å². The van der Waals surface area contributed by atoms with Crippen LogP contribution in [-0.4, -0.2) is 11.7 Å². The number of fused-ring (bicyclic) bond motifs is 1. The molecule has 1 amide bonds. The second kappa shape index (κ2) is 6.78. The molecule has 3 heteroatoms. The van der Waals surface area contributed by atoms with Crippen LogP contribution in [0, 0.1) is 0 Å². The molecule has 1 heterocycles. The van der Waals surface area contributed by atoms with Crippen molar-refractivity contribution in [2.75, 3.05) is 5.32 Å². The van der Waals surface area contributed by atoms with Gasteiger partial charge in [-0.25, -0.2) is 0 Å². The van der Waals surface area contributed by atoms with Gasteiger partial charge in [-0.05, 0) is 41.7 Å². The topological polar surface area (TPSA) is 46.2 Å². The molecule has 0 saturated carbocycles. The zero-order valence-electron chi connectivity index (χ0n) is 13.4. The van der Waals surface area contributed by atoms with E-state index in [4.69, 9.17) is 0 Å². The van der Waals surface area contributed by atoms with Crippen molar-refractivity contribution in [2.24, 2.45) is 0 Å². The van der Waals surface area contributed by atoms with Gasteiger partial charge in [0.2, 0.25) is 0 Å². The van der Waals surface area contributed by atoms with Crippen molar-refractivity contribution in [2.45, 2.75) is 39.0 Å². The van der Waals surface area contributed by atoms with Crippen molar-refractivity contribution in [3.8, 4) is 11.1 Å². The molecule has 3 rings (SSSR count). The molecule has 0 bridgehead atoms. The zero-order chi connectivity index (χ0) is 16.2. The van der Waals surface area contributed by atoms with Gasteiger partial charge in [-0.2, -0.15) is 0 Å². The molecule has 118 valence electrons. The SMILES string of the molecule is CCCCCCc1ccc(-c2ccc3c(c2)C(=O)C(=O)N3)cc1. The number of nitrogens with one attached hydrogen (secondary N) is 1. The van der Waals surface area contributed by atoms with Gasteiger partial charge in [-0.3, -0.25) is 9.59 Å². The molecule has 0 atom stereocenters. The zero-order valence-corrected chi connectivity index (χ0v) is 13.4. The number of anilines is 1. The highest BCUT2D eigenvalue weighted by molar-refractivity contribution is 6.51. The Morgan fingerprint density at radius 3 is 2.35 bits per heavy atom. The molecule has 1 aliphatic heterocycles. The molecule has 1 N–H and O–H groups in total. The lowest BCUT2D eigenvalue weighted by Crippen LogP contribution is -2.12. The van der Waals surface area contributed by atoms with Gasteiger partial charge in [0.25, 0.3) is 11.7 Å². The van der Waals surface area contributed by atoms with Crippen LogP contribution in [0.25, 0.3) is 11.1 Å². The number of Topliss-reactive ketones (excluding diaryl/α,β-unsaturated/α-hetero) is 1. The van der Waals surface area contributed by atoms with Crippen LogP contribution in [0.4, 0.5) is 5.69 Å². The second-order valence-corrected chi connectivity index (χ2v) is 6.05. The lowest BCUT2D eigenvalue weighted by Gasteiger charge is -2.06. The predicted octanol–water partition coefficient (Wildman–Crippen LogP) is 4.61. The van der Waals surface area contributed by atoms with E-state index in [-0.39, 0.29) is 0 Å². The summed E-state index contributed by atoms with van der Waals surface area (Å²) in [5.41, 5.74) is 4.45. The highest BCUT2D eigenvalue weighted by Crippen LogP contribution is 2.29. The van der Waals surface area contributed by atoms with Gasteiger partial charge in [0, 0.05) is 0 Å². The number of rotatable bonds is 6. The molecule has 1 aliphatic rings. The molecule has 0 fully saturated rings. The summed E-state index contributed by atoms with van der Waals surface area (Å²) < 4.78 is 0. The minimum Gasteiger partial charge on any atom is -0.318 e. The van der Waals surface area contributed by atoms with Crippen LogP contribution < -0.4 is 5.32 Å². The first-order chi connectivity index (χ1) is 11.2. The first-order valence-electron chi connectivity index (χ1n) is 8.28. The number of aryl methyl sites for hydroxylation is 1. The third-order valence-corrected chi connectivity index (χ3v) is 4.32. The molecular weight excluding hydrogens is 286 g/mol. The van der Waals surface area contributed by atoms with Gasteiger partial charge in [0.1, 0.15) is 0 Å². The van der Waals surface area contributed by atoms with Gasteiger partial charge in [-0.1, -0.05) is 56.5 Å². The van der Waals surface area contributed by atoms with Crippen molar-refractivity contribution < 1.29 is 9.59 Å². The summed E-state index contributed by atoms with van der Waals surface area (Å²) in [6, 6.07) is 14.0. The summed E-state index contributed by atoms with van der Waals surface area (Å²) >= 11 is 0. The molecule has 0 radical (unpaired) electrons. The predicted molar refractivity (Wildman–Crippen MR) is 92.7 cm³/mol. The summed E-state index contributed by atoms with van der Waals surface area (Å²) in [5, 5.41) is 2.58. The summed E-state index contributed by atoms with van der Waals surface area (Å²) in [7, 11) is 0. The molecule has 0 unspecified atom stereocenters. The van der Waals surface area contributed by atoms with Gasteiger partial charge in [-0.15, -0.1) is 0 Å². The summed E-state index contributed by atoms with van der Waals surface area (Å²) in [6.07, 6.45) is 6.18. The van der Waals surface area contributed by atoms with Crippen molar-refractivity contribution in [3.63, 3.8) is 0 Å². The molecule has 0 saturated heterocycles. The number of unbranched alkanes of at least 4 members (excludes halogenated alkanes) is 3. The van der Waals surface area contributed by atoms with Crippen molar-refractivity contribution >= 4 is 17.4 Å². The lowest BCUT2D eigenvalue weighted by atomic mass is 9.99. The van der Waals surface area contributed by atoms with Crippen molar-refractivity contribution in [1.29, 1.82) is 0 Å². The monoisotopic (exact) mass is 307 g/mol. The van der Waals surface area contributed by atoms with Crippen molar-refractivity contribution in [3.05, 3.63) is 53.6 Å². The number of hydrogen-bond donors (Lipinski definition) is 1. The Morgan fingerprint density at radius 2 is 1.61 bits per heavy atom. The number of hydrogen-bond acceptors (Lipinski definition) is 2. The maximum absolute atomic E-state index is 11.8. The number of benzene rings is 2. The highest BCUT2D eigenvalue weighted by atomic mass is 16.2. The summed E-state index contributed by atoms with van der Waals surface area (Å²) in [6.45, 7) is 2.22. The molecule has 2 aromatic carbocycles. The van der Waals surface area contributed by atoms with Gasteiger partial charge in [0.15, 0.2) is 0 Å². The molecule has 0 aliphatic carbocycles. The lowest BCUT2D eigenvalue weighted by molar-refractivity contribution is -0.112. The highest BCUT2D eigenvalue weighted by Gasteiger charge is 2.27. The maximum Gasteiger partial charge on any atom is 0.296 e. The van der Waals surface area contributed by atoms with Crippen LogP contribution in [0.2, 0.25) is 0 Å². The average Bonchev–Trinajstić information content (AvgIpc) is 2.86. The third-order valence-electron chi connectivity index (χ3n) is 4.32. The van der Waals surface area contributed by atoms with E-state index < -0.39 is 11.7 Å². The molecule has 3 nitrogen and oxygen atoms in total. The van der Waals surface area contributed by atoms with Crippen molar-refractivity contribution in [1.82, 2.24) is 0 Å². The van der Waals surface area contributed by atoms with E-state index in [2.05, 4.69) is 36.5 Å². The van der Waals surface area contributed by atoms with E-state index >= 15 is 0 Å². The molecule has 2 aromatic rings. The minimum absolute atomic E-state index is 0.450. The Labute approximate surface area is 136 Å². The van der Waals surface area contributed by atoms with E-state index in [0.717, 1.165) is 17.5 Å². The van der Waals surface area contributed by atoms with Crippen LogP contribution in [0.1, 0.15) is 48.5 Å². The fourth-order valence-corrected chi connectivity index (χ4v) is 2.94. The van der Waals surface area contributed by atoms with E-state index in [1.54, 1.807) is 12.1 Å². The molecule has 23 heavy (non-hydrogen) atoms. The Balaban J connectivity index is 1.73. The number of ketones is 1. The number of carbonyl (C=O) groups is 2. The van der Waals surface area contributed by atoms with E-state index in [9.17, 15) is 9.59 Å². The Morgan fingerprint density at radius 1 is 0.870 bits per heavy atom. The fourth-order valence-electron chi connectivity index (χ4n) is 2.94. The van der Waals surface area contributed by atoms with E-state index in [1.807, 2.05) is 6.07 Å². The second-order valence-electron chi connectivity index (χ2n) is 6.05. The molecule has 0 spiro atoms. The van der Waals surface area contributed by atoms with Crippen LogP contribution in [0.15, 0.2) is 42.5 Å². The molecule has 0 aromatic heterocycles. The normalized spacial score (nSPS) is 13.1. The van der Waals surface area contributed by atoms with Gasteiger partial charge in [0.05, 0.1) is 11.3 Å². The molecular formula is C20H21NO2. The number of carbonyl (C=O) groups excluding carboxylic acids is 2. The summed E-state index contributed by atoms with van der Waals surface area (Å²) in [4.78, 5) is 23.2. The van der Waals surface area contributed by atoms with Gasteiger partial charge >= 0.3 is 0 Å². The van der Waals surface area contributed by atoms with Gasteiger partial charge < -0.3 is 5.32 Å². The van der Waals surface area contributed by atoms with Crippen LogP contribution in [-0.2, 0) is 11.2 Å². The Kier molecular flexibility index (Phi) is 4.56.